The highest BCUT2D eigenvalue weighted by Crippen LogP contribution is 2.28. The van der Waals surface area contributed by atoms with E-state index in [4.69, 9.17) is 9.47 Å². The molecule has 0 unspecified atom stereocenters. The zero-order chi connectivity index (χ0) is 22.2. The molecule has 0 aliphatic carbocycles. The Labute approximate surface area is 190 Å². The van der Waals surface area contributed by atoms with Crippen molar-refractivity contribution in [2.75, 3.05) is 26.0 Å². The van der Waals surface area contributed by atoms with Crippen LogP contribution in [0.1, 0.15) is 6.42 Å². The number of ether oxygens (including phenoxy) is 2. The third kappa shape index (κ3) is 5.36. The van der Waals surface area contributed by atoms with Crippen LogP contribution in [0.5, 0.6) is 11.6 Å². The van der Waals surface area contributed by atoms with E-state index >= 15 is 0 Å². The number of nitrogens with zero attached hydrogens (tertiary/aromatic N) is 4. The summed E-state index contributed by atoms with van der Waals surface area (Å²) in [4.78, 5) is 13.2. The number of rotatable bonds is 10. The summed E-state index contributed by atoms with van der Waals surface area (Å²) in [5.74, 6) is 2.39. The van der Waals surface area contributed by atoms with Crippen molar-refractivity contribution in [2.45, 2.75) is 11.3 Å². The highest BCUT2D eigenvalue weighted by Gasteiger charge is 2.14. The largest absolute Gasteiger partial charge is 0.496 e. The maximum Gasteiger partial charge on any atom is 0.231 e. The molecule has 4 rings (SSSR count). The predicted octanol–water partition coefficient (Wildman–Crippen LogP) is 3.48. The van der Waals surface area contributed by atoms with Crippen molar-refractivity contribution in [3.05, 3.63) is 66.7 Å². The number of carbonyl (C=O) groups excluding carboxylic acids is 1. The molecule has 9 heteroatoms. The fraction of sp³-hybridized carbons (Fsp3) is 0.217. The molecule has 1 N–H and O–H groups in total. The van der Waals surface area contributed by atoms with Crippen LogP contribution in [0.15, 0.2) is 71.6 Å². The van der Waals surface area contributed by atoms with Gasteiger partial charge >= 0.3 is 0 Å². The molecule has 2 heterocycles. The highest BCUT2D eigenvalue weighted by molar-refractivity contribution is 7.99. The number of aromatic nitrogens is 4. The number of carbonyl (C=O) groups is 1. The van der Waals surface area contributed by atoms with Crippen LogP contribution in [0.4, 0.5) is 0 Å². The second kappa shape index (κ2) is 10.6. The third-order valence-electron chi connectivity index (χ3n) is 4.60. The molecular formula is C23H23N5O3S. The highest BCUT2D eigenvalue weighted by atomic mass is 32.2. The second-order valence-electron chi connectivity index (χ2n) is 6.78. The van der Waals surface area contributed by atoms with Crippen LogP contribution in [0, 0.1) is 0 Å². The molecule has 1 amide bonds. The fourth-order valence-electron chi connectivity index (χ4n) is 3.06. The number of benzene rings is 2. The van der Waals surface area contributed by atoms with Crippen molar-refractivity contribution in [1.29, 1.82) is 0 Å². The summed E-state index contributed by atoms with van der Waals surface area (Å²) < 4.78 is 12.8. The van der Waals surface area contributed by atoms with E-state index < -0.39 is 0 Å². The minimum absolute atomic E-state index is 0.00212. The summed E-state index contributed by atoms with van der Waals surface area (Å²) in [5, 5.41) is 15.8. The number of fused-ring (bicyclic) bond motifs is 1. The van der Waals surface area contributed by atoms with E-state index in [0.717, 1.165) is 16.2 Å². The minimum atomic E-state index is -0.00212. The van der Waals surface area contributed by atoms with E-state index in [-0.39, 0.29) is 5.91 Å². The van der Waals surface area contributed by atoms with Gasteiger partial charge in [-0.1, -0.05) is 30.3 Å². The summed E-state index contributed by atoms with van der Waals surface area (Å²) in [6.45, 7) is 0.707. The third-order valence-corrected chi connectivity index (χ3v) is 5.62. The number of para-hydroxylation sites is 1. The molecule has 4 aromatic rings. The zero-order valence-corrected chi connectivity index (χ0v) is 18.4. The first kappa shape index (κ1) is 21.6. The van der Waals surface area contributed by atoms with Crippen LogP contribution in [0.25, 0.3) is 17.0 Å². The van der Waals surface area contributed by atoms with Gasteiger partial charge in [-0.3, -0.25) is 4.79 Å². The Kier molecular flexibility index (Phi) is 7.19. The van der Waals surface area contributed by atoms with Gasteiger partial charge in [-0.2, -0.15) is 4.52 Å². The Morgan fingerprint density at radius 1 is 1.03 bits per heavy atom. The van der Waals surface area contributed by atoms with Crippen molar-refractivity contribution in [3.8, 4) is 23.0 Å². The van der Waals surface area contributed by atoms with E-state index in [1.54, 1.807) is 35.5 Å². The molecule has 0 saturated carbocycles. The van der Waals surface area contributed by atoms with E-state index in [1.807, 2.05) is 54.6 Å². The molecule has 0 aliphatic rings. The van der Waals surface area contributed by atoms with Gasteiger partial charge < -0.3 is 14.8 Å². The molecule has 0 fully saturated rings. The lowest BCUT2D eigenvalue weighted by Crippen LogP contribution is -2.28. The summed E-state index contributed by atoms with van der Waals surface area (Å²) >= 11 is 1.66. The van der Waals surface area contributed by atoms with E-state index in [9.17, 15) is 4.79 Å². The standard InChI is InChI=1S/C23H23N5O3S/c1-30-19-10-6-5-9-18(19)23-26-25-20-11-12-22(27-28(20)23)31-15-14-24-21(29)13-16-32-17-7-3-2-4-8-17/h2-12H,13-16H2,1H3,(H,24,29). The fourth-order valence-corrected chi connectivity index (χ4v) is 3.93. The number of nitrogens with one attached hydrogen (secondary N) is 1. The lowest BCUT2D eigenvalue weighted by molar-refractivity contribution is -0.120. The lowest BCUT2D eigenvalue weighted by Gasteiger charge is -2.09. The first-order valence-electron chi connectivity index (χ1n) is 10.2. The average Bonchev–Trinajstić information content (AvgIpc) is 3.25. The molecule has 0 atom stereocenters. The Bertz CT molecular complexity index is 1180. The van der Waals surface area contributed by atoms with Crippen molar-refractivity contribution in [2.24, 2.45) is 0 Å². The second-order valence-corrected chi connectivity index (χ2v) is 7.94. The van der Waals surface area contributed by atoms with Crippen LogP contribution < -0.4 is 14.8 Å². The molecule has 0 bridgehead atoms. The SMILES string of the molecule is COc1ccccc1-c1nnc2ccc(OCCNC(=O)CCSc3ccccc3)nn12. The quantitative estimate of drug-likeness (QED) is 0.293. The Morgan fingerprint density at radius 2 is 1.84 bits per heavy atom. The van der Waals surface area contributed by atoms with Gasteiger partial charge in [-0.15, -0.1) is 27.1 Å². The van der Waals surface area contributed by atoms with Crippen molar-refractivity contribution >= 4 is 23.3 Å². The number of amides is 1. The molecule has 0 aliphatic heterocycles. The Balaban J connectivity index is 1.29. The average molecular weight is 450 g/mol. The number of hydrogen-bond acceptors (Lipinski definition) is 7. The minimum Gasteiger partial charge on any atom is -0.496 e. The van der Waals surface area contributed by atoms with E-state index in [1.165, 1.54) is 0 Å². The van der Waals surface area contributed by atoms with Crippen LogP contribution in [0.3, 0.4) is 0 Å². The Hall–Kier alpha value is -3.59. The molecule has 0 spiro atoms. The lowest BCUT2D eigenvalue weighted by atomic mass is 10.2. The number of thioether (sulfide) groups is 1. The predicted molar refractivity (Wildman–Crippen MR) is 123 cm³/mol. The van der Waals surface area contributed by atoms with E-state index in [0.29, 0.717) is 42.7 Å². The van der Waals surface area contributed by atoms with Crippen molar-refractivity contribution < 1.29 is 14.3 Å². The molecular weight excluding hydrogens is 426 g/mol. The molecule has 2 aromatic heterocycles. The molecule has 8 nitrogen and oxygen atoms in total. The van der Waals surface area contributed by atoms with Crippen molar-refractivity contribution in [1.82, 2.24) is 25.1 Å². The first-order chi connectivity index (χ1) is 15.7. The normalized spacial score (nSPS) is 10.8. The molecule has 0 radical (unpaired) electrons. The maximum atomic E-state index is 12.0. The van der Waals surface area contributed by atoms with Gasteiger partial charge in [0.1, 0.15) is 12.4 Å². The summed E-state index contributed by atoms with van der Waals surface area (Å²) in [6, 6.07) is 21.1. The first-order valence-corrected chi connectivity index (χ1v) is 11.2. The summed E-state index contributed by atoms with van der Waals surface area (Å²) in [5.41, 5.74) is 1.38. The molecule has 0 saturated heterocycles. The number of hydrogen-bond donors (Lipinski definition) is 1. The van der Waals surface area contributed by atoms with Gasteiger partial charge in [0, 0.05) is 23.1 Å². The molecule has 2 aromatic carbocycles. The van der Waals surface area contributed by atoms with Crippen LogP contribution in [-0.4, -0.2) is 51.7 Å². The molecule has 32 heavy (non-hydrogen) atoms. The topological polar surface area (TPSA) is 90.6 Å². The Morgan fingerprint density at radius 3 is 2.69 bits per heavy atom. The van der Waals surface area contributed by atoms with Crippen LogP contribution >= 0.6 is 11.8 Å². The van der Waals surface area contributed by atoms with E-state index in [2.05, 4.69) is 20.6 Å². The summed E-state index contributed by atoms with van der Waals surface area (Å²) in [6.07, 6.45) is 0.451. The van der Waals surface area contributed by atoms with Crippen LogP contribution in [0.2, 0.25) is 0 Å². The van der Waals surface area contributed by atoms with Gasteiger partial charge in [-0.25, -0.2) is 0 Å². The van der Waals surface area contributed by atoms with Gasteiger partial charge in [0.05, 0.1) is 19.2 Å². The van der Waals surface area contributed by atoms with Gasteiger partial charge in [-0.05, 0) is 30.3 Å². The maximum absolute atomic E-state index is 12.0. The monoisotopic (exact) mass is 449 g/mol. The zero-order valence-electron chi connectivity index (χ0n) is 17.6. The molecule has 164 valence electrons. The van der Waals surface area contributed by atoms with Gasteiger partial charge in [0.2, 0.25) is 11.8 Å². The summed E-state index contributed by atoms with van der Waals surface area (Å²) in [7, 11) is 1.61. The van der Waals surface area contributed by atoms with Gasteiger partial charge in [0.15, 0.2) is 11.5 Å². The van der Waals surface area contributed by atoms with Gasteiger partial charge in [0.25, 0.3) is 0 Å². The van der Waals surface area contributed by atoms with Crippen molar-refractivity contribution in [3.63, 3.8) is 0 Å². The number of methoxy groups -OCH3 is 1. The van der Waals surface area contributed by atoms with Crippen LogP contribution in [-0.2, 0) is 4.79 Å². The smallest absolute Gasteiger partial charge is 0.231 e.